The van der Waals surface area contributed by atoms with Gasteiger partial charge in [-0.2, -0.15) is 0 Å². The van der Waals surface area contributed by atoms with E-state index in [1.807, 2.05) is 13.8 Å². The Morgan fingerprint density at radius 1 is 1.39 bits per heavy atom. The van der Waals surface area contributed by atoms with Crippen LogP contribution in [-0.2, 0) is 9.53 Å². The van der Waals surface area contributed by atoms with E-state index < -0.39 is 0 Å². The molecule has 2 atom stereocenters. The first-order chi connectivity index (χ1) is 8.54. The highest BCUT2D eigenvalue weighted by atomic mass is 16.5. The van der Waals surface area contributed by atoms with E-state index in [-0.39, 0.29) is 17.9 Å². The number of nitrogens with one attached hydrogen (secondary N) is 1. The molecule has 0 aliphatic rings. The van der Waals surface area contributed by atoms with Crippen LogP contribution < -0.4 is 5.32 Å². The van der Waals surface area contributed by atoms with E-state index in [0.29, 0.717) is 13.2 Å². The molecule has 0 saturated heterocycles. The summed E-state index contributed by atoms with van der Waals surface area (Å²) in [7, 11) is 0. The normalized spacial score (nSPS) is 14.0. The molecule has 0 radical (unpaired) electrons. The number of aryl methyl sites for hydroxylation is 1. The van der Waals surface area contributed by atoms with Gasteiger partial charge in [0.05, 0.1) is 12.5 Å². The standard InChI is InChI=1S/C15H23NO2/c1-5-18-15(17)12(3)10-16-13(4)14-8-6-7-11(2)9-14/h6-9,12-13,16H,5,10H2,1-4H3/t12?,13-/m1/s1. The third-order valence-corrected chi connectivity index (χ3v) is 2.96. The topological polar surface area (TPSA) is 38.3 Å². The maximum Gasteiger partial charge on any atom is 0.309 e. The highest BCUT2D eigenvalue weighted by molar-refractivity contribution is 5.72. The van der Waals surface area contributed by atoms with Gasteiger partial charge in [-0.1, -0.05) is 36.8 Å². The molecule has 0 amide bonds. The molecule has 0 spiro atoms. The number of ether oxygens (including phenoxy) is 1. The summed E-state index contributed by atoms with van der Waals surface area (Å²) in [5, 5.41) is 3.36. The van der Waals surface area contributed by atoms with Gasteiger partial charge in [0.2, 0.25) is 0 Å². The highest BCUT2D eigenvalue weighted by Gasteiger charge is 2.15. The molecule has 3 heteroatoms. The van der Waals surface area contributed by atoms with Crippen LogP contribution in [0.15, 0.2) is 24.3 Å². The Balaban J connectivity index is 2.46. The molecule has 0 bridgehead atoms. The van der Waals surface area contributed by atoms with Crippen molar-refractivity contribution in [3.05, 3.63) is 35.4 Å². The fourth-order valence-corrected chi connectivity index (χ4v) is 1.78. The van der Waals surface area contributed by atoms with Crippen LogP contribution in [0.1, 0.15) is 37.9 Å². The molecule has 1 aromatic carbocycles. The van der Waals surface area contributed by atoms with Crippen molar-refractivity contribution in [2.75, 3.05) is 13.2 Å². The lowest BCUT2D eigenvalue weighted by atomic mass is 10.0. The fraction of sp³-hybridized carbons (Fsp3) is 0.533. The zero-order valence-electron chi connectivity index (χ0n) is 11.7. The molecule has 3 nitrogen and oxygen atoms in total. The summed E-state index contributed by atoms with van der Waals surface area (Å²) in [4.78, 5) is 11.5. The Kier molecular flexibility index (Phi) is 5.86. The average molecular weight is 249 g/mol. The number of esters is 1. The van der Waals surface area contributed by atoms with E-state index >= 15 is 0 Å². The van der Waals surface area contributed by atoms with Crippen LogP contribution in [0.3, 0.4) is 0 Å². The van der Waals surface area contributed by atoms with E-state index in [1.165, 1.54) is 11.1 Å². The number of rotatable bonds is 6. The van der Waals surface area contributed by atoms with Crippen LogP contribution in [0, 0.1) is 12.8 Å². The van der Waals surface area contributed by atoms with Gasteiger partial charge in [0.1, 0.15) is 0 Å². The van der Waals surface area contributed by atoms with Gasteiger partial charge in [-0.15, -0.1) is 0 Å². The number of carbonyl (C=O) groups excluding carboxylic acids is 1. The lowest BCUT2D eigenvalue weighted by Crippen LogP contribution is -2.29. The summed E-state index contributed by atoms with van der Waals surface area (Å²) < 4.78 is 4.98. The number of benzene rings is 1. The minimum atomic E-state index is -0.138. The summed E-state index contributed by atoms with van der Waals surface area (Å²) in [6.45, 7) is 8.97. The minimum Gasteiger partial charge on any atom is -0.466 e. The van der Waals surface area contributed by atoms with Crippen molar-refractivity contribution in [3.63, 3.8) is 0 Å². The van der Waals surface area contributed by atoms with E-state index in [1.54, 1.807) is 0 Å². The molecular formula is C15H23NO2. The summed E-state index contributed by atoms with van der Waals surface area (Å²) in [5.41, 5.74) is 2.49. The molecule has 0 aromatic heterocycles. The molecule has 18 heavy (non-hydrogen) atoms. The molecular weight excluding hydrogens is 226 g/mol. The molecule has 0 saturated carbocycles. The number of hydrogen-bond donors (Lipinski definition) is 1. The Labute approximate surface area is 110 Å². The maximum atomic E-state index is 11.5. The second kappa shape index (κ2) is 7.17. The molecule has 0 aliphatic carbocycles. The zero-order valence-corrected chi connectivity index (χ0v) is 11.7. The molecule has 100 valence electrons. The second-order valence-corrected chi connectivity index (χ2v) is 4.70. The lowest BCUT2D eigenvalue weighted by Gasteiger charge is -2.17. The van der Waals surface area contributed by atoms with E-state index in [2.05, 4.69) is 43.4 Å². The predicted molar refractivity (Wildman–Crippen MR) is 73.4 cm³/mol. The molecule has 1 aromatic rings. The third-order valence-electron chi connectivity index (χ3n) is 2.96. The average Bonchev–Trinajstić information content (AvgIpc) is 2.35. The second-order valence-electron chi connectivity index (χ2n) is 4.70. The van der Waals surface area contributed by atoms with Gasteiger partial charge in [0.15, 0.2) is 0 Å². The molecule has 1 N–H and O–H groups in total. The highest BCUT2D eigenvalue weighted by Crippen LogP contribution is 2.14. The number of hydrogen-bond acceptors (Lipinski definition) is 3. The lowest BCUT2D eigenvalue weighted by molar-refractivity contribution is -0.147. The van der Waals surface area contributed by atoms with Crippen LogP contribution in [-0.4, -0.2) is 19.1 Å². The minimum absolute atomic E-state index is 0.114. The first-order valence-corrected chi connectivity index (χ1v) is 6.51. The molecule has 0 fully saturated rings. The maximum absolute atomic E-state index is 11.5. The molecule has 0 aliphatic heterocycles. The van der Waals surface area contributed by atoms with Crippen molar-refractivity contribution in [1.29, 1.82) is 0 Å². The van der Waals surface area contributed by atoms with Crippen molar-refractivity contribution in [2.45, 2.75) is 33.7 Å². The van der Waals surface area contributed by atoms with Gasteiger partial charge in [-0.25, -0.2) is 0 Å². The van der Waals surface area contributed by atoms with Gasteiger partial charge < -0.3 is 10.1 Å². The monoisotopic (exact) mass is 249 g/mol. The molecule has 0 heterocycles. The first-order valence-electron chi connectivity index (χ1n) is 6.51. The van der Waals surface area contributed by atoms with Crippen LogP contribution in [0.2, 0.25) is 0 Å². The van der Waals surface area contributed by atoms with E-state index in [0.717, 1.165) is 0 Å². The van der Waals surface area contributed by atoms with Gasteiger partial charge in [-0.05, 0) is 26.3 Å². The van der Waals surface area contributed by atoms with Crippen LogP contribution in [0.25, 0.3) is 0 Å². The summed E-state index contributed by atoms with van der Waals surface area (Å²) in [5.74, 6) is -0.251. The van der Waals surface area contributed by atoms with Crippen molar-refractivity contribution in [2.24, 2.45) is 5.92 Å². The Bertz CT molecular complexity index is 390. The van der Waals surface area contributed by atoms with Crippen molar-refractivity contribution in [1.82, 2.24) is 5.32 Å². The Hall–Kier alpha value is -1.35. The number of carbonyl (C=O) groups is 1. The zero-order chi connectivity index (χ0) is 13.5. The van der Waals surface area contributed by atoms with Crippen LogP contribution in [0.4, 0.5) is 0 Å². The summed E-state index contributed by atoms with van der Waals surface area (Å²) in [6.07, 6.45) is 0. The van der Waals surface area contributed by atoms with E-state index in [4.69, 9.17) is 4.74 Å². The van der Waals surface area contributed by atoms with Crippen molar-refractivity contribution in [3.8, 4) is 0 Å². The van der Waals surface area contributed by atoms with Gasteiger partial charge in [0.25, 0.3) is 0 Å². The SMILES string of the molecule is CCOC(=O)C(C)CN[C@H](C)c1cccc(C)c1. The Morgan fingerprint density at radius 3 is 2.72 bits per heavy atom. The van der Waals surface area contributed by atoms with Crippen LogP contribution >= 0.6 is 0 Å². The quantitative estimate of drug-likeness (QED) is 0.788. The Morgan fingerprint density at radius 2 is 2.11 bits per heavy atom. The predicted octanol–water partition coefficient (Wildman–Crippen LogP) is 2.84. The molecule has 1 unspecified atom stereocenters. The third kappa shape index (κ3) is 4.49. The van der Waals surface area contributed by atoms with Crippen molar-refractivity contribution < 1.29 is 9.53 Å². The fourth-order valence-electron chi connectivity index (χ4n) is 1.78. The molecule has 1 rings (SSSR count). The summed E-state index contributed by atoms with van der Waals surface area (Å²) in [6, 6.07) is 8.63. The van der Waals surface area contributed by atoms with Gasteiger partial charge in [0, 0.05) is 12.6 Å². The van der Waals surface area contributed by atoms with Gasteiger partial charge in [-0.3, -0.25) is 4.79 Å². The van der Waals surface area contributed by atoms with E-state index in [9.17, 15) is 4.79 Å². The summed E-state index contributed by atoms with van der Waals surface area (Å²) >= 11 is 0. The van der Waals surface area contributed by atoms with Crippen LogP contribution in [0.5, 0.6) is 0 Å². The first kappa shape index (κ1) is 14.7. The largest absolute Gasteiger partial charge is 0.466 e. The van der Waals surface area contributed by atoms with Crippen molar-refractivity contribution >= 4 is 5.97 Å². The smallest absolute Gasteiger partial charge is 0.309 e. The van der Waals surface area contributed by atoms with Gasteiger partial charge >= 0.3 is 5.97 Å².